The molecule has 4 nitrogen and oxygen atoms in total. The number of aryl methyl sites for hydroxylation is 1. The Kier molecular flexibility index (Phi) is 7.17. The number of hydrogen-bond donors (Lipinski definition) is 1. The molecule has 0 spiro atoms. The Morgan fingerprint density at radius 2 is 1.83 bits per heavy atom. The van der Waals surface area contributed by atoms with Gasteiger partial charge in [0.05, 0.1) is 11.7 Å². The second-order valence-corrected chi connectivity index (χ2v) is 10.3. The van der Waals surface area contributed by atoms with Crippen LogP contribution in [-0.4, -0.2) is 21.4 Å². The molecule has 0 amide bonds. The summed E-state index contributed by atoms with van der Waals surface area (Å²) in [6, 6.07) is 18.8. The first-order chi connectivity index (χ1) is 17.5. The highest BCUT2D eigenvalue weighted by Crippen LogP contribution is 2.35. The van der Waals surface area contributed by atoms with E-state index in [1.165, 1.54) is 43.5 Å². The van der Waals surface area contributed by atoms with Crippen LogP contribution in [0.1, 0.15) is 79.0 Å². The summed E-state index contributed by atoms with van der Waals surface area (Å²) < 4.78 is 16.0. The molecule has 0 saturated heterocycles. The number of aromatic nitrogens is 2. The predicted octanol–water partition coefficient (Wildman–Crippen LogP) is 7.52. The number of rotatable bonds is 9. The highest BCUT2D eigenvalue weighted by molar-refractivity contribution is 6.10. The van der Waals surface area contributed by atoms with Crippen LogP contribution in [0.2, 0.25) is 0 Å². The maximum Gasteiger partial charge on any atom is 0.165 e. The molecule has 5 heteroatoms. The van der Waals surface area contributed by atoms with Crippen molar-refractivity contribution >= 4 is 22.4 Å². The van der Waals surface area contributed by atoms with Crippen LogP contribution < -0.4 is 5.32 Å². The zero-order valence-corrected chi connectivity index (χ0v) is 21.1. The molecule has 0 atom stereocenters. The molecule has 186 valence electrons. The number of benzene rings is 2. The van der Waals surface area contributed by atoms with E-state index in [2.05, 4.69) is 71.2 Å². The van der Waals surface area contributed by atoms with Gasteiger partial charge in [0.1, 0.15) is 5.82 Å². The monoisotopic (exact) mass is 483 g/mol. The summed E-state index contributed by atoms with van der Waals surface area (Å²) >= 11 is 0. The third-order valence-electron chi connectivity index (χ3n) is 7.24. The molecule has 4 aromatic rings. The quantitative estimate of drug-likeness (QED) is 0.251. The van der Waals surface area contributed by atoms with Crippen molar-refractivity contribution in [2.24, 2.45) is 0 Å². The van der Waals surface area contributed by atoms with E-state index in [9.17, 15) is 9.18 Å². The minimum atomic E-state index is -0.371. The Balaban J connectivity index is 1.56. The number of carbonyl (C=O) groups is 1. The Morgan fingerprint density at radius 1 is 1.06 bits per heavy atom. The van der Waals surface area contributed by atoms with E-state index in [4.69, 9.17) is 0 Å². The van der Waals surface area contributed by atoms with Crippen LogP contribution in [0.5, 0.6) is 0 Å². The van der Waals surface area contributed by atoms with Gasteiger partial charge in [0.25, 0.3) is 0 Å². The molecule has 0 bridgehead atoms. The molecule has 2 aromatic carbocycles. The summed E-state index contributed by atoms with van der Waals surface area (Å²) in [5.74, 6) is -0.108. The molecule has 1 saturated carbocycles. The van der Waals surface area contributed by atoms with Crippen molar-refractivity contribution in [3.8, 4) is 0 Å². The molecule has 1 N–H and O–H groups in total. The minimum Gasteiger partial charge on any atom is -0.382 e. The number of pyridine rings is 1. The first-order valence-corrected chi connectivity index (χ1v) is 13.1. The van der Waals surface area contributed by atoms with Crippen molar-refractivity contribution in [1.29, 1.82) is 0 Å². The molecule has 2 heterocycles. The maximum absolute atomic E-state index is 13.7. The van der Waals surface area contributed by atoms with E-state index in [-0.39, 0.29) is 17.5 Å². The van der Waals surface area contributed by atoms with Crippen LogP contribution in [0.4, 0.5) is 10.1 Å². The lowest BCUT2D eigenvalue weighted by atomic mass is 9.96. The van der Waals surface area contributed by atoms with E-state index >= 15 is 0 Å². The molecule has 1 fully saturated rings. The van der Waals surface area contributed by atoms with Crippen LogP contribution in [0.15, 0.2) is 67.0 Å². The molecule has 5 rings (SSSR count). The first-order valence-electron chi connectivity index (χ1n) is 13.1. The van der Waals surface area contributed by atoms with Crippen molar-refractivity contribution < 1.29 is 9.18 Å². The lowest BCUT2D eigenvalue weighted by Crippen LogP contribution is -2.14. The number of ketones is 1. The van der Waals surface area contributed by atoms with Gasteiger partial charge in [0, 0.05) is 47.5 Å². The van der Waals surface area contributed by atoms with Crippen LogP contribution >= 0.6 is 0 Å². The van der Waals surface area contributed by atoms with Crippen LogP contribution in [0.3, 0.4) is 0 Å². The number of carbonyl (C=O) groups excluding carboxylic acids is 1. The summed E-state index contributed by atoms with van der Waals surface area (Å²) in [5.41, 5.74) is 6.01. The van der Waals surface area contributed by atoms with Gasteiger partial charge in [0.15, 0.2) is 5.78 Å². The topological polar surface area (TPSA) is 46.9 Å². The normalized spacial score (nSPS) is 14.1. The summed E-state index contributed by atoms with van der Waals surface area (Å²) in [4.78, 5) is 17.7. The molecule has 1 aliphatic carbocycles. The van der Waals surface area contributed by atoms with E-state index in [0.717, 1.165) is 33.4 Å². The highest BCUT2D eigenvalue weighted by atomic mass is 19.1. The fraction of sp³-hybridized carbons (Fsp3) is 0.355. The highest BCUT2D eigenvalue weighted by Gasteiger charge is 2.25. The van der Waals surface area contributed by atoms with Crippen LogP contribution in [0.25, 0.3) is 10.9 Å². The minimum absolute atomic E-state index is 0.0938. The zero-order chi connectivity index (χ0) is 25.1. The van der Waals surface area contributed by atoms with Gasteiger partial charge in [-0.3, -0.25) is 9.78 Å². The van der Waals surface area contributed by atoms with Crippen molar-refractivity contribution in [2.75, 3.05) is 5.32 Å². The number of nitrogens with zero attached hydrogens (tertiary/aromatic N) is 2. The van der Waals surface area contributed by atoms with Crippen LogP contribution in [-0.2, 0) is 13.0 Å². The van der Waals surface area contributed by atoms with Gasteiger partial charge >= 0.3 is 0 Å². The van der Waals surface area contributed by atoms with Gasteiger partial charge in [-0.15, -0.1) is 0 Å². The lowest BCUT2D eigenvalue weighted by Gasteiger charge is -2.16. The second kappa shape index (κ2) is 10.7. The Labute approximate surface area is 212 Å². The first kappa shape index (κ1) is 24.2. The Bertz CT molecular complexity index is 1350. The smallest absolute Gasteiger partial charge is 0.165 e. The zero-order valence-electron chi connectivity index (χ0n) is 21.1. The van der Waals surface area contributed by atoms with Gasteiger partial charge in [0.2, 0.25) is 0 Å². The van der Waals surface area contributed by atoms with Gasteiger partial charge in [-0.2, -0.15) is 0 Å². The van der Waals surface area contributed by atoms with E-state index in [1.54, 1.807) is 6.20 Å². The number of nitrogens with one attached hydrogen (secondary N) is 1. The number of fused-ring (bicyclic) bond motifs is 1. The van der Waals surface area contributed by atoms with Gasteiger partial charge in [-0.05, 0) is 54.5 Å². The largest absolute Gasteiger partial charge is 0.382 e. The molecular formula is C31H34FN3O. The van der Waals surface area contributed by atoms with E-state index in [1.807, 2.05) is 6.07 Å². The fourth-order valence-electron chi connectivity index (χ4n) is 5.57. The summed E-state index contributed by atoms with van der Waals surface area (Å²) in [6.07, 6.45) is 8.58. The molecule has 1 aliphatic rings. The average Bonchev–Trinajstić information content (AvgIpc) is 3.49. The predicted molar refractivity (Wildman–Crippen MR) is 144 cm³/mol. The van der Waals surface area contributed by atoms with Crippen molar-refractivity contribution in [2.45, 2.75) is 70.9 Å². The summed E-state index contributed by atoms with van der Waals surface area (Å²) in [5, 5.41) is 4.72. The van der Waals surface area contributed by atoms with Crippen molar-refractivity contribution in [3.63, 3.8) is 0 Å². The van der Waals surface area contributed by atoms with E-state index < -0.39 is 0 Å². The lowest BCUT2D eigenvalue weighted by molar-refractivity contribution is 0.0982. The number of halogens is 1. The number of anilines is 1. The Morgan fingerprint density at radius 3 is 2.56 bits per heavy atom. The SMILES string of the molecule is CC(C)c1c(C(=O)CCc2cncc(F)c2)c2ccc(NC3CCCC3)cc2n1Cc1ccccc1. The van der Waals surface area contributed by atoms with Gasteiger partial charge < -0.3 is 9.88 Å². The van der Waals surface area contributed by atoms with Crippen LogP contribution in [0, 0.1) is 5.82 Å². The second-order valence-electron chi connectivity index (χ2n) is 10.3. The standard InChI is InChI=1S/C31H34FN3O/c1-21(2)31-30(29(36)15-12-23-16-24(32)19-33-18-23)27-14-13-26(34-25-10-6-7-11-25)17-28(27)35(31)20-22-8-4-3-5-9-22/h3-5,8-9,13-14,16-19,21,25,34H,6-7,10-12,15,20H2,1-2H3. The number of Topliss-reactive ketones (excluding diaryl/α,β-unsaturated/α-hetero) is 1. The van der Waals surface area contributed by atoms with E-state index in [0.29, 0.717) is 25.4 Å². The Hall–Kier alpha value is -3.47. The average molecular weight is 484 g/mol. The third-order valence-corrected chi connectivity index (χ3v) is 7.24. The molecule has 2 aromatic heterocycles. The molecular weight excluding hydrogens is 449 g/mol. The third kappa shape index (κ3) is 5.20. The van der Waals surface area contributed by atoms with Gasteiger partial charge in [-0.1, -0.05) is 63.1 Å². The molecule has 0 radical (unpaired) electrons. The van der Waals surface area contributed by atoms with Gasteiger partial charge in [-0.25, -0.2) is 4.39 Å². The molecule has 0 aliphatic heterocycles. The van der Waals surface area contributed by atoms with Crippen molar-refractivity contribution in [3.05, 3.63) is 95.2 Å². The summed E-state index contributed by atoms with van der Waals surface area (Å²) in [6.45, 7) is 5.01. The molecule has 36 heavy (non-hydrogen) atoms. The summed E-state index contributed by atoms with van der Waals surface area (Å²) in [7, 11) is 0. The number of hydrogen-bond acceptors (Lipinski definition) is 3. The van der Waals surface area contributed by atoms with Crippen molar-refractivity contribution in [1.82, 2.24) is 9.55 Å². The fourth-order valence-corrected chi connectivity index (χ4v) is 5.57. The molecule has 0 unspecified atom stereocenters. The maximum atomic E-state index is 13.7.